The quantitative estimate of drug-likeness (QED) is 0.586. The van der Waals surface area contributed by atoms with E-state index in [-0.39, 0.29) is 5.91 Å². The topological polar surface area (TPSA) is 44.7 Å². The molecule has 0 saturated carbocycles. The number of nitrogens with one attached hydrogen (secondary N) is 1. The van der Waals surface area contributed by atoms with Crippen LogP contribution in [0.4, 0.5) is 5.69 Å². The van der Waals surface area contributed by atoms with Gasteiger partial charge in [0.1, 0.15) is 0 Å². The summed E-state index contributed by atoms with van der Waals surface area (Å²) >= 11 is 0. The Kier molecular flexibility index (Phi) is 7.02. The number of rotatable bonds is 8. The molecule has 0 aliphatic heterocycles. The third-order valence-electron chi connectivity index (χ3n) is 3.89. The van der Waals surface area contributed by atoms with E-state index >= 15 is 0 Å². The van der Waals surface area contributed by atoms with Crippen molar-refractivity contribution >= 4 is 17.3 Å². The molecule has 126 valence electrons. The van der Waals surface area contributed by atoms with Crippen LogP contribution in [0.2, 0.25) is 0 Å². The number of nitrogens with zero attached hydrogens (tertiary/aromatic N) is 2. The standard InChI is InChI=1S/C20H25N3O/c1-3-23(4-2)20(24)16-15-19(17-11-7-5-8-12-17)22-21-18-13-9-6-10-14-18/h5-14,21H,3-4,15-16H2,1-2H3/b22-19-. The van der Waals surface area contributed by atoms with Crippen molar-refractivity contribution in [2.75, 3.05) is 18.5 Å². The van der Waals surface area contributed by atoms with Gasteiger partial charge < -0.3 is 4.90 Å². The summed E-state index contributed by atoms with van der Waals surface area (Å²) in [5.74, 6) is 0.170. The van der Waals surface area contributed by atoms with Crippen molar-refractivity contribution in [3.63, 3.8) is 0 Å². The molecule has 1 N–H and O–H groups in total. The first-order valence-corrected chi connectivity index (χ1v) is 8.45. The maximum atomic E-state index is 12.3. The van der Waals surface area contributed by atoms with Crippen molar-refractivity contribution in [2.45, 2.75) is 26.7 Å². The predicted octanol–water partition coefficient (Wildman–Crippen LogP) is 4.15. The maximum absolute atomic E-state index is 12.3. The highest BCUT2D eigenvalue weighted by atomic mass is 16.2. The Morgan fingerprint density at radius 2 is 1.50 bits per heavy atom. The summed E-state index contributed by atoms with van der Waals surface area (Å²) in [6.45, 7) is 5.50. The molecule has 0 spiro atoms. The average molecular weight is 323 g/mol. The van der Waals surface area contributed by atoms with Crippen LogP contribution in [0.3, 0.4) is 0 Å². The lowest BCUT2D eigenvalue weighted by atomic mass is 10.1. The molecule has 0 heterocycles. The molecule has 24 heavy (non-hydrogen) atoms. The molecule has 0 aromatic heterocycles. The van der Waals surface area contributed by atoms with Crippen molar-refractivity contribution in [1.82, 2.24) is 4.90 Å². The molecule has 0 unspecified atom stereocenters. The second-order valence-corrected chi connectivity index (χ2v) is 5.47. The van der Waals surface area contributed by atoms with E-state index in [1.54, 1.807) is 0 Å². The van der Waals surface area contributed by atoms with Crippen molar-refractivity contribution in [2.24, 2.45) is 5.10 Å². The first-order chi connectivity index (χ1) is 11.7. The summed E-state index contributed by atoms with van der Waals surface area (Å²) in [5.41, 5.74) is 5.94. The van der Waals surface area contributed by atoms with Crippen LogP contribution in [-0.4, -0.2) is 29.6 Å². The molecule has 0 saturated heterocycles. The summed E-state index contributed by atoms with van der Waals surface area (Å²) in [6, 6.07) is 19.8. The highest BCUT2D eigenvalue weighted by Crippen LogP contribution is 2.11. The molecule has 2 aromatic rings. The van der Waals surface area contributed by atoms with E-state index in [4.69, 9.17) is 0 Å². The summed E-state index contributed by atoms with van der Waals surface area (Å²) in [7, 11) is 0. The zero-order valence-corrected chi connectivity index (χ0v) is 14.4. The van der Waals surface area contributed by atoms with Gasteiger partial charge >= 0.3 is 0 Å². The van der Waals surface area contributed by atoms with E-state index < -0.39 is 0 Å². The second-order valence-electron chi connectivity index (χ2n) is 5.47. The Labute approximate surface area is 144 Å². The van der Waals surface area contributed by atoms with E-state index in [1.165, 1.54) is 0 Å². The largest absolute Gasteiger partial charge is 0.343 e. The molecule has 0 aliphatic carbocycles. The Morgan fingerprint density at radius 1 is 0.917 bits per heavy atom. The number of anilines is 1. The van der Waals surface area contributed by atoms with Gasteiger partial charge in [0.25, 0.3) is 0 Å². The van der Waals surface area contributed by atoms with Crippen LogP contribution in [0.25, 0.3) is 0 Å². The molecule has 1 amide bonds. The van der Waals surface area contributed by atoms with Crippen molar-refractivity contribution in [3.05, 3.63) is 66.2 Å². The van der Waals surface area contributed by atoms with E-state index in [2.05, 4.69) is 10.5 Å². The van der Waals surface area contributed by atoms with E-state index in [0.29, 0.717) is 12.8 Å². The second kappa shape index (κ2) is 9.50. The summed E-state index contributed by atoms with van der Waals surface area (Å²) in [5, 5.41) is 4.54. The zero-order chi connectivity index (χ0) is 17.2. The SMILES string of the molecule is CCN(CC)C(=O)CC/C(=N/Nc1ccccc1)c1ccccc1. The van der Waals surface area contributed by atoms with Crippen molar-refractivity contribution < 1.29 is 4.79 Å². The third kappa shape index (κ3) is 5.23. The first-order valence-electron chi connectivity index (χ1n) is 8.45. The molecule has 4 nitrogen and oxygen atoms in total. The van der Waals surface area contributed by atoms with Crippen LogP contribution in [0.15, 0.2) is 65.8 Å². The van der Waals surface area contributed by atoms with E-state index in [0.717, 1.165) is 30.1 Å². The highest BCUT2D eigenvalue weighted by Gasteiger charge is 2.12. The van der Waals surface area contributed by atoms with E-state index in [9.17, 15) is 4.79 Å². The monoisotopic (exact) mass is 323 g/mol. The van der Waals surface area contributed by atoms with Crippen molar-refractivity contribution in [3.8, 4) is 0 Å². The number of carbonyl (C=O) groups excluding carboxylic acids is 1. The molecular weight excluding hydrogens is 298 g/mol. The fraction of sp³-hybridized carbons (Fsp3) is 0.300. The van der Waals surface area contributed by atoms with Crippen LogP contribution < -0.4 is 5.43 Å². The minimum Gasteiger partial charge on any atom is -0.343 e. The summed E-state index contributed by atoms with van der Waals surface area (Å²) in [6.07, 6.45) is 1.07. The average Bonchev–Trinajstić information content (AvgIpc) is 2.64. The smallest absolute Gasteiger partial charge is 0.222 e. The lowest BCUT2D eigenvalue weighted by Crippen LogP contribution is -2.30. The maximum Gasteiger partial charge on any atom is 0.222 e. The third-order valence-corrected chi connectivity index (χ3v) is 3.89. The molecule has 0 bridgehead atoms. The number of carbonyl (C=O) groups is 1. The van der Waals surface area contributed by atoms with Gasteiger partial charge in [0.2, 0.25) is 5.91 Å². The number of benzene rings is 2. The predicted molar refractivity (Wildman–Crippen MR) is 100 cm³/mol. The van der Waals surface area contributed by atoms with Gasteiger partial charge in [0.15, 0.2) is 0 Å². The number of hydrazone groups is 1. The Morgan fingerprint density at radius 3 is 2.08 bits per heavy atom. The fourth-order valence-electron chi connectivity index (χ4n) is 2.50. The molecule has 0 aliphatic rings. The van der Waals surface area contributed by atoms with Crippen LogP contribution in [-0.2, 0) is 4.79 Å². The van der Waals surface area contributed by atoms with Gasteiger partial charge in [0, 0.05) is 25.9 Å². The Bertz CT molecular complexity index is 649. The molecule has 4 heteroatoms. The molecule has 0 radical (unpaired) electrons. The van der Waals surface area contributed by atoms with Crippen LogP contribution in [0.5, 0.6) is 0 Å². The van der Waals surface area contributed by atoms with Crippen LogP contribution in [0.1, 0.15) is 32.3 Å². The summed E-state index contributed by atoms with van der Waals surface area (Å²) < 4.78 is 0. The number of hydrogen-bond donors (Lipinski definition) is 1. The van der Waals surface area contributed by atoms with E-state index in [1.807, 2.05) is 79.4 Å². The summed E-state index contributed by atoms with van der Waals surface area (Å²) in [4.78, 5) is 14.1. The van der Waals surface area contributed by atoms with Gasteiger partial charge in [-0.3, -0.25) is 10.2 Å². The number of para-hydroxylation sites is 1. The zero-order valence-electron chi connectivity index (χ0n) is 14.4. The van der Waals surface area contributed by atoms with Gasteiger partial charge in [-0.2, -0.15) is 5.10 Å². The minimum absolute atomic E-state index is 0.170. The van der Waals surface area contributed by atoms with Crippen molar-refractivity contribution in [1.29, 1.82) is 0 Å². The lowest BCUT2D eigenvalue weighted by Gasteiger charge is -2.18. The fourth-order valence-corrected chi connectivity index (χ4v) is 2.50. The molecule has 0 fully saturated rings. The molecule has 0 atom stereocenters. The lowest BCUT2D eigenvalue weighted by molar-refractivity contribution is -0.130. The van der Waals surface area contributed by atoms with Gasteiger partial charge in [-0.1, -0.05) is 48.5 Å². The molecular formula is C20H25N3O. The van der Waals surface area contributed by atoms with Crippen LogP contribution in [0, 0.1) is 0 Å². The Balaban J connectivity index is 2.10. The number of hydrogen-bond acceptors (Lipinski definition) is 3. The first kappa shape index (κ1) is 17.7. The minimum atomic E-state index is 0.170. The van der Waals surface area contributed by atoms with Crippen LogP contribution >= 0.6 is 0 Å². The normalized spacial score (nSPS) is 11.2. The van der Waals surface area contributed by atoms with Gasteiger partial charge in [-0.15, -0.1) is 0 Å². The van der Waals surface area contributed by atoms with Gasteiger partial charge in [-0.05, 0) is 31.5 Å². The highest BCUT2D eigenvalue weighted by molar-refractivity contribution is 6.02. The molecule has 2 rings (SSSR count). The Hall–Kier alpha value is -2.62. The van der Waals surface area contributed by atoms with Gasteiger partial charge in [0.05, 0.1) is 11.4 Å². The molecule has 2 aromatic carbocycles. The van der Waals surface area contributed by atoms with Gasteiger partial charge in [-0.25, -0.2) is 0 Å². The number of amides is 1.